The van der Waals surface area contributed by atoms with Crippen molar-refractivity contribution in [3.8, 4) is 11.4 Å². The second-order valence-corrected chi connectivity index (χ2v) is 5.77. The van der Waals surface area contributed by atoms with Gasteiger partial charge in [0.25, 0.3) is 0 Å². The van der Waals surface area contributed by atoms with Crippen molar-refractivity contribution in [2.24, 2.45) is 0 Å². The van der Waals surface area contributed by atoms with Gasteiger partial charge in [-0.25, -0.2) is 4.68 Å². The first-order valence-electron chi connectivity index (χ1n) is 7.63. The van der Waals surface area contributed by atoms with Gasteiger partial charge in [-0.15, -0.1) is 0 Å². The van der Waals surface area contributed by atoms with Crippen LogP contribution in [-0.2, 0) is 4.79 Å². The van der Waals surface area contributed by atoms with E-state index in [1.54, 1.807) is 22.9 Å². The molecule has 1 amide bonds. The maximum Gasteiger partial charge on any atom is 0.248 e. The van der Waals surface area contributed by atoms with E-state index in [-0.39, 0.29) is 11.7 Å². The molecular formula is C19H16ClN3O2. The van der Waals surface area contributed by atoms with E-state index in [0.29, 0.717) is 16.4 Å². The van der Waals surface area contributed by atoms with Crippen molar-refractivity contribution in [2.75, 3.05) is 5.32 Å². The van der Waals surface area contributed by atoms with Crippen LogP contribution in [-0.4, -0.2) is 20.8 Å². The third-order valence-corrected chi connectivity index (χ3v) is 3.93. The molecule has 5 nitrogen and oxygen atoms in total. The fourth-order valence-electron chi connectivity index (χ4n) is 2.37. The molecule has 0 saturated heterocycles. The monoisotopic (exact) mass is 353 g/mol. The van der Waals surface area contributed by atoms with Crippen LogP contribution in [0.1, 0.15) is 11.3 Å². The van der Waals surface area contributed by atoms with Crippen LogP contribution >= 0.6 is 11.6 Å². The molecule has 0 radical (unpaired) electrons. The van der Waals surface area contributed by atoms with Crippen LogP contribution in [0.2, 0.25) is 5.15 Å². The number of para-hydroxylation sites is 1. The molecule has 0 fully saturated rings. The van der Waals surface area contributed by atoms with Gasteiger partial charge in [-0.05, 0) is 37.3 Å². The third kappa shape index (κ3) is 3.89. The predicted molar refractivity (Wildman–Crippen MR) is 99.1 cm³/mol. The number of halogens is 1. The number of hydrogen-bond donors (Lipinski definition) is 2. The number of aryl methyl sites for hydroxylation is 1. The summed E-state index contributed by atoms with van der Waals surface area (Å²) in [6.45, 7) is 1.83. The summed E-state index contributed by atoms with van der Waals surface area (Å²) < 4.78 is 1.63. The maximum atomic E-state index is 12.0. The van der Waals surface area contributed by atoms with Gasteiger partial charge in [0.1, 0.15) is 10.9 Å². The molecule has 0 bridgehead atoms. The number of aromatic hydroxyl groups is 1. The fraction of sp³-hybridized carbons (Fsp3) is 0.0526. The SMILES string of the molecule is Cc1nn(-c2ccccc2)c(Cl)c1/C=C/C(=O)Nc1cccc(O)c1. The number of anilines is 1. The number of phenols is 1. The number of rotatable bonds is 4. The van der Waals surface area contributed by atoms with Crippen LogP contribution in [0.5, 0.6) is 5.75 Å². The number of hydrogen-bond acceptors (Lipinski definition) is 3. The van der Waals surface area contributed by atoms with Crippen molar-refractivity contribution in [1.29, 1.82) is 0 Å². The lowest BCUT2D eigenvalue weighted by Crippen LogP contribution is -2.07. The Morgan fingerprint density at radius 3 is 2.68 bits per heavy atom. The van der Waals surface area contributed by atoms with E-state index in [9.17, 15) is 9.90 Å². The van der Waals surface area contributed by atoms with Crippen LogP contribution < -0.4 is 5.32 Å². The lowest BCUT2D eigenvalue weighted by atomic mass is 10.2. The van der Waals surface area contributed by atoms with Gasteiger partial charge in [0, 0.05) is 23.4 Å². The van der Waals surface area contributed by atoms with E-state index in [1.807, 2.05) is 37.3 Å². The highest BCUT2D eigenvalue weighted by Crippen LogP contribution is 2.24. The second-order valence-electron chi connectivity index (χ2n) is 5.41. The molecule has 3 aromatic rings. The van der Waals surface area contributed by atoms with Crippen LogP contribution in [0, 0.1) is 6.92 Å². The molecule has 25 heavy (non-hydrogen) atoms. The summed E-state index contributed by atoms with van der Waals surface area (Å²) in [6.07, 6.45) is 3.01. The van der Waals surface area contributed by atoms with Crippen LogP contribution in [0.4, 0.5) is 5.69 Å². The van der Waals surface area contributed by atoms with E-state index < -0.39 is 0 Å². The number of aromatic nitrogens is 2. The maximum absolute atomic E-state index is 12.0. The standard InChI is InChI=1S/C19H16ClN3O2/c1-13-17(19(20)23(22-13)15-7-3-2-4-8-15)10-11-18(25)21-14-6-5-9-16(24)12-14/h2-12,24H,1H3,(H,21,25)/b11-10+. The van der Waals surface area contributed by atoms with Crippen molar-refractivity contribution in [3.05, 3.63) is 77.1 Å². The van der Waals surface area contributed by atoms with Gasteiger partial charge < -0.3 is 10.4 Å². The van der Waals surface area contributed by atoms with Crippen molar-refractivity contribution in [1.82, 2.24) is 9.78 Å². The van der Waals surface area contributed by atoms with Crippen LogP contribution in [0.15, 0.2) is 60.7 Å². The number of benzene rings is 2. The Kier molecular flexibility index (Phi) is 4.86. The molecule has 0 atom stereocenters. The normalized spacial score (nSPS) is 11.0. The molecule has 3 rings (SSSR count). The number of amides is 1. The van der Waals surface area contributed by atoms with Gasteiger partial charge in [0.2, 0.25) is 5.91 Å². The van der Waals surface area contributed by atoms with Crippen LogP contribution in [0.3, 0.4) is 0 Å². The molecule has 1 heterocycles. The number of nitrogens with zero attached hydrogens (tertiary/aromatic N) is 2. The minimum atomic E-state index is -0.325. The molecule has 6 heteroatoms. The summed E-state index contributed by atoms with van der Waals surface area (Å²) in [5, 5.41) is 17.0. The van der Waals surface area contributed by atoms with Gasteiger partial charge in [-0.1, -0.05) is 35.9 Å². The van der Waals surface area contributed by atoms with Gasteiger partial charge in [0.15, 0.2) is 0 Å². The van der Waals surface area contributed by atoms with Crippen molar-refractivity contribution in [3.63, 3.8) is 0 Å². The topological polar surface area (TPSA) is 67.2 Å². The van der Waals surface area contributed by atoms with E-state index in [1.165, 1.54) is 18.2 Å². The Bertz CT molecular complexity index is 933. The molecule has 0 aliphatic carbocycles. The molecule has 126 valence electrons. The first kappa shape index (κ1) is 16.8. The van der Waals surface area contributed by atoms with Gasteiger partial charge in [-0.2, -0.15) is 5.10 Å². The number of carbonyl (C=O) groups excluding carboxylic acids is 1. The van der Waals surface area contributed by atoms with E-state index in [0.717, 1.165) is 11.4 Å². The van der Waals surface area contributed by atoms with E-state index in [2.05, 4.69) is 10.4 Å². The third-order valence-electron chi connectivity index (χ3n) is 3.56. The van der Waals surface area contributed by atoms with Gasteiger partial charge >= 0.3 is 0 Å². The highest BCUT2D eigenvalue weighted by Gasteiger charge is 2.12. The van der Waals surface area contributed by atoms with E-state index in [4.69, 9.17) is 11.6 Å². The Labute approximate surface area is 150 Å². The zero-order chi connectivity index (χ0) is 17.8. The fourth-order valence-corrected chi connectivity index (χ4v) is 2.70. The molecule has 0 spiro atoms. The number of carbonyl (C=O) groups is 1. The second kappa shape index (κ2) is 7.23. The Morgan fingerprint density at radius 2 is 1.96 bits per heavy atom. The summed E-state index contributed by atoms with van der Waals surface area (Å²) in [4.78, 5) is 12.0. The highest BCUT2D eigenvalue weighted by atomic mass is 35.5. The van der Waals surface area contributed by atoms with Crippen molar-refractivity contribution < 1.29 is 9.90 Å². The largest absolute Gasteiger partial charge is 0.508 e. The zero-order valence-electron chi connectivity index (χ0n) is 13.5. The minimum Gasteiger partial charge on any atom is -0.508 e. The Balaban J connectivity index is 1.80. The smallest absolute Gasteiger partial charge is 0.248 e. The molecular weight excluding hydrogens is 338 g/mol. The average molecular weight is 354 g/mol. The average Bonchev–Trinajstić information content (AvgIpc) is 2.88. The lowest BCUT2D eigenvalue weighted by molar-refractivity contribution is -0.111. The zero-order valence-corrected chi connectivity index (χ0v) is 14.2. The van der Waals surface area contributed by atoms with E-state index >= 15 is 0 Å². The minimum absolute atomic E-state index is 0.0878. The quantitative estimate of drug-likeness (QED) is 0.691. The molecule has 2 aromatic carbocycles. The van der Waals surface area contributed by atoms with Gasteiger partial charge in [0.05, 0.1) is 11.4 Å². The first-order valence-corrected chi connectivity index (χ1v) is 8.01. The lowest BCUT2D eigenvalue weighted by Gasteiger charge is -2.02. The Hall–Kier alpha value is -3.05. The molecule has 0 aliphatic rings. The first-order chi connectivity index (χ1) is 12.0. The van der Waals surface area contributed by atoms with Crippen molar-refractivity contribution in [2.45, 2.75) is 6.92 Å². The summed E-state index contributed by atoms with van der Waals surface area (Å²) in [5.41, 5.74) is 2.75. The molecule has 1 aromatic heterocycles. The molecule has 0 saturated carbocycles. The summed E-state index contributed by atoms with van der Waals surface area (Å²) >= 11 is 6.41. The summed E-state index contributed by atoms with van der Waals surface area (Å²) in [6, 6.07) is 15.9. The molecule has 2 N–H and O–H groups in total. The summed E-state index contributed by atoms with van der Waals surface area (Å²) in [5.74, 6) is -0.238. The molecule has 0 unspecified atom stereocenters. The number of phenolic OH excluding ortho intramolecular Hbond substituents is 1. The molecule has 0 aliphatic heterocycles. The number of nitrogens with one attached hydrogen (secondary N) is 1. The van der Waals surface area contributed by atoms with Gasteiger partial charge in [-0.3, -0.25) is 4.79 Å². The highest BCUT2D eigenvalue weighted by molar-refractivity contribution is 6.31. The Morgan fingerprint density at radius 1 is 1.20 bits per heavy atom. The predicted octanol–water partition coefficient (Wildman–Crippen LogP) is 4.19. The van der Waals surface area contributed by atoms with Crippen molar-refractivity contribution >= 4 is 29.3 Å². The van der Waals surface area contributed by atoms with Crippen LogP contribution in [0.25, 0.3) is 11.8 Å². The summed E-state index contributed by atoms with van der Waals surface area (Å²) in [7, 11) is 0.